The molecule has 18 heavy (non-hydrogen) atoms. The first-order chi connectivity index (χ1) is 8.54. The van der Waals surface area contributed by atoms with Gasteiger partial charge in [-0.2, -0.15) is 0 Å². The maximum Gasteiger partial charge on any atom is 0.126 e. The molecule has 1 fully saturated rings. The minimum atomic E-state index is -0.107. The number of hydrogen-bond acceptors (Lipinski definition) is 3. The van der Waals surface area contributed by atoms with Gasteiger partial charge in [0.1, 0.15) is 5.75 Å². The first-order valence-corrected chi connectivity index (χ1v) is 6.59. The molecule has 1 aromatic rings. The Morgan fingerprint density at radius 2 is 2.06 bits per heavy atom. The second-order valence-corrected chi connectivity index (χ2v) is 5.22. The highest BCUT2D eigenvalue weighted by molar-refractivity contribution is 5.47. The van der Waals surface area contributed by atoms with Crippen molar-refractivity contribution in [3.63, 3.8) is 0 Å². The van der Waals surface area contributed by atoms with Crippen molar-refractivity contribution in [3.05, 3.63) is 28.8 Å². The van der Waals surface area contributed by atoms with Gasteiger partial charge in [-0.15, -0.1) is 0 Å². The lowest BCUT2D eigenvalue weighted by molar-refractivity contribution is 0.0396. The van der Waals surface area contributed by atoms with Crippen LogP contribution in [-0.2, 0) is 4.74 Å². The molecule has 0 aromatic heterocycles. The van der Waals surface area contributed by atoms with Crippen molar-refractivity contribution in [3.8, 4) is 5.75 Å². The Morgan fingerprint density at radius 1 is 1.33 bits per heavy atom. The van der Waals surface area contributed by atoms with E-state index in [9.17, 15) is 0 Å². The maximum atomic E-state index is 6.35. The minimum absolute atomic E-state index is 0.107. The molecular weight excluding hydrogens is 226 g/mol. The van der Waals surface area contributed by atoms with Gasteiger partial charge < -0.3 is 15.2 Å². The van der Waals surface area contributed by atoms with Crippen LogP contribution in [0.5, 0.6) is 5.75 Å². The molecule has 3 heteroatoms. The predicted molar refractivity (Wildman–Crippen MR) is 73.0 cm³/mol. The molecule has 0 saturated carbocycles. The van der Waals surface area contributed by atoms with E-state index in [1.807, 2.05) is 0 Å². The van der Waals surface area contributed by atoms with E-state index >= 15 is 0 Å². The van der Waals surface area contributed by atoms with E-state index in [1.54, 1.807) is 7.11 Å². The number of benzene rings is 1. The Bertz CT molecular complexity index is 431. The van der Waals surface area contributed by atoms with Crippen LogP contribution in [0.3, 0.4) is 0 Å². The van der Waals surface area contributed by atoms with Gasteiger partial charge in [-0.1, -0.05) is 12.1 Å². The third-order valence-electron chi connectivity index (χ3n) is 3.94. The van der Waals surface area contributed by atoms with E-state index in [2.05, 4.69) is 32.9 Å². The van der Waals surface area contributed by atoms with Crippen LogP contribution in [0.4, 0.5) is 0 Å². The van der Waals surface area contributed by atoms with E-state index in [1.165, 1.54) is 5.56 Å². The van der Waals surface area contributed by atoms with Gasteiger partial charge in [0, 0.05) is 5.56 Å². The Balaban J connectivity index is 2.30. The number of methoxy groups -OCH3 is 1. The first kappa shape index (κ1) is 13.4. The fraction of sp³-hybridized carbons (Fsp3) is 0.600. The molecule has 100 valence electrons. The summed E-state index contributed by atoms with van der Waals surface area (Å²) in [4.78, 5) is 0. The molecule has 3 nitrogen and oxygen atoms in total. The van der Waals surface area contributed by atoms with Crippen molar-refractivity contribution < 1.29 is 9.47 Å². The second kappa shape index (κ2) is 5.29. The molecule has 1 aromatic carbocycles. The number of rotatable bonds is 3. The fourth-order valence-electron chi connectivity index (χ4n) is 2.64. The molecule has 1 saturated heterocycles. The van der Waals surface area contributed by atoms with E-state index in [4.69, 9.17) is 15.2 Å². The van der Waals surface area contributed by atoms with Crippen molar-refractivity contribution >= 4 is 0 Å². The average Bonchev–Trinajstić information content (AvgIpc) is 2.78. The Kier molecular flexibility index (Phi) is 3.93. The van der Waals surface area contributed by atoms with Gasteiger partial charge in [-0.25, -0.2) is 0 Å². The van der Waals surface area contributed by atoms with Gasteiger partial charge in [0.15, 0.2) is 0 Å². The van der Waals surface area contributed by atoms with Crippen LogP contribution in [0, 0.1) is 13.8 Å². The molecule has 2 rings (SSSR count). The summed E-state index contributed by atoms with van der Waals surface area (Å²) in [5.74, 6) is 0.908. The lowest BCUT2D eigenvalue weighted by Gasteiger charge is -2.23. The third kappa shape index (κ3) is 2.38. The predicted octanol–water partition coefficient (Wildman–Crippen LogP) is 2.88. The number of nitrogens with two attached hydrogens (primary N) is 1. The van der Waals surface area contributed by atoms with Crippen molar-refractivity contribution in [2.24, 2.45) is 5.73 Å². The van der Waals surface area contributed by atoms with E-state index in [-0.39, 0.29) is 12.1 Å². The lowest BCUT2D eigenvalue weighted by atomic mass is 9.95. The summed E-state index contributed by atoms with van der Waals surface area (Å²) < 4.78 is 11.4. The topological polar surface area (TPSA) is 44.5 Å². The highest BCUT2D eigenvalue weighted by Crippen LogP contribution is 2.35. The van der Waals surface area contributed by atoms with Crippen molar-refractivity contribution in [1.82, 2.24) is 0 Å². The van der Waals surface area contributed by atoms with Crippen LogP contribution in [0.2, 0.25) is 0 Å². The second-order valence-electron chi connectivity index (χ2n) is 5.22. The summed E-state index contributed by atoms with van der Waals surface area (Å²) in [6.45, 7) is 6.26. The third-order valence-corrected chi connectivity index (χ3v) is 3.94. The molecule has 0 amide bonds. The van der Waals surface area contributed by atoms with E-state index in [0.717, 1.165) is 29.7 Å². The molecule has 0 aliphatic carbocycles. The lowest BCUT2D eigenvalue weighted by Crippen LogP contribution is -2.27. The summed E-state index contributed by atoms with van der Waals surface area (Å²) in [7, 11) is 1.70. The zero-order valence-electron chi connectivity index (χ0n) is 11.7. The van der Waals surface area contributed by atoms with Gasteiger partial charge in [-0.05, 0) is 44.7 Å². The Hall–Kier alpha value is -1.06. The summed E-state index contributed by atoms with van der Waals surface area (Å²) in [5.41, 5.74) is 9.80. The standard InChI is InChI=1S/C15H23NO2/c1-9-5-7-12(15(17-4)11(9)3)14(16)13-8-6-10(2)18-13/h5,7,10,13-14H,6,8,16H2,1-4H3. The van der Waals surface area contributed by atoms with Crippen molar-refractivity contribution in [2.75, 3.05) is 7.11 Å². The van der Waals surface area contributed by atoms with Gasteiger partial charge in [0.25, 0.3) is 0 Å². The van der Waals surface area contributed by atoms with Crippen LogP contribution in [0.1, 0.15) is 42.5 Å². The molecule has 0 bridgehead atoms. The fourth-order valence-corrected chi connectivity index (χ4v) is 2.64. The number of hydrogen-bond donors (Lipinski definition) is 1. The molecule has 1 heterocycles. The minimum Gasteiger partial charge on any atom is -0.496 e. The normalized spacial score (nSPS) is 25.2. The van der Waals surface area contributed by atoms with Crippen LogP contribution in [0.15, 0.2) is 12.1 Å². The van der Waals surface area contributed by atoms with Gasteiger partial charge in [0.2, 0.25) is 0 Å². The quantitative estimate of drug-likeness (QED) is 0.896. The molecule has 1 aliphatic heterocycles. The molecule has 3 atom stereocenters. The summed E-state index contributed by atoms with van der Waals surface area (Å²) >= 11 is 0. The average molecular weight is 249 g/mol. The van der Waals surface area contributed by atoms with Crippen molar-refractivity contribution in [1.29, 1.82) is 0 Å². The molecule has 3 unspecified atom stereocenters. The highest BCUT2D eigenvalue weighted by atomic mass is 16.5. The van der Waals surface area contributed by atoms with Crippen LogP contribution in [-0.4, -0.2) is 19.3 Å². The summed E-state index contributed by atoms with van der Waals surface area (Å²) in [6.07, 6.45) is 2.54. The number of ether oxygens (including phenoxy) is 2. The smallest absolute Gasteiger partial charge is 0.126 e. The zero-order valence-corrected chi connectivity index (χ0v) is 11.7. The Labute approximate surface area is 109 Å². The van der Waals surface area contributed by atoms with Gasteiger partial charge >= 0.3 is 0 Å². The van der Waals surface area contributed by atoms with Crippen LogP contribution < -0.4 is 10.5 Å². The van der Waals surface area contributed by atoms with Crippen LogP contribution >= 0.6 is 0 Å². The van der Waals surface area contributed by atoms with E-state index in [0.29, 0.717) is 6.10 Å². The first-order valence-electron chi connectivity index (χ1n) is 6.59. The SMILES string of the molecule is COc1c(C(N)C2CCC(C)O2)ccc(C)c1C. The van der Waals surface area contributed by atoms with Gasteiger partial charge in [0.05, 0.1) is 25.4 Å². The summed E-state index contributed by atoms with van der Waals surface area (Å²) in [5, 5.41) is 0. The molecule has 0 spiro atoms. The van der Waals surface area contributed by atoms with Gasteiger partial charge in [-0.3, -0.25) is 0 Å². The van der Waals surface area contributed by atoms with Crippen LogP contribution in [0.25, 0.3) is 0 Å². The molecular formula is C15H23NO2. The van der Waals surface area contributed by atoms with E-state index < -0.39 is 0 Å². The monoisotopic (exact) mass is 249 g/mol. The molecule has 0 radical (unpaired) electrons. The highest BCUT2D eigenvalue weighted by Gasteiger charge is 2.30. The zero-order chi connectivity index (χ0) is 13.3. The number of aryl methyl sites for hydroxylation is 1. The maximum absolute atomic E-state index is 6.35. The Morgan fingerprint density at radius 3 is 2.61 bits per heavy atom. The van der Waals surface area contributed by atoms with Crippen molar-refractivity contribution in [2.45, 2.75) is 51.9 Å². The molecule has 1 aliphatic rings. The largest absolute Gasteiger partial charge is 0.496 e. The molecule has 2 N–H and O–H groups in total. The summed E-state index contributed by atoms with van der Waals surface area (Å²) in [6, 6.07) is 4.06.